The van der Waals surface area contributed by atoms with Gasteiger partial charge in [0.2, 0.25) is 0 Å². The Morgan fingerprint density at radius 1 is 0.417 bits per heavy atom. The zero-order chi connectivity index (χ0) is 17.5. The van der Waals surface area contributed by atoms with Crippen LogP contribution in [0, 0.1) is 0 Å². The van der Waals surface area contributed by atoms with Crippen LogP contribution in [0.3, 0.4) is 0 Å². The van der Waals surface area contributed by atoms with E-state index in [1.807, 2.05) is 0 Å². The molecule has 2 heterocycles. The third kappa shape index (κ3) is 1.69. The summed E-state index contributed by atoms with van der Waals surface area (Å²) in [5.41, 5.74) is -4.30. The topological polar surface area (TPSA) is 94.6 Å². The van der Waals surface area contributed by atoms with Crippen molar-refractivity contribution in [2.45, 2.75) is 0 Å². The zero-order valence-corrected chi connectivity index (χ0v) is 14.0. The first-order valence-electron chi connectivity index (χ1n) is 6.14. The highest BCUT2D eigenvalue weighted by molar-refractivity contribution is 6.57. The number of hydrogen-bond donors (Lipinski definition) is 0. The lowest BCUT2D eigenvalue weighted by Gasteiger charge is -2.09. The van der Waals surface area contributed by atoms with E-state index in [0.717, 1.165) is 0 Å². The first-order valence-corrected chi connectivity index (χ1v) is 7.65. The van der Waals surface area contributed by atoms with Crippen molar-refractivity contribution in [3.8, 4) is 0 Å². The van der Waals surface area contributed by atoms with Crippen molar-refractivity contribution < 1.29 is 8.83 Å². The molecule has 0 spiro atoms. The molecule has 6 nitrogen and oxygen atoms in total. The van der Waals surface area contributed by atoms with E-state index in [-0.39, 0.29) is 41.6 Å². The van der Waals surface area contributed by atoms with Crippen LogP contribution >= 0.6 is 46.4 Å². The van der Waals surface area contributed by atoms with Gasteiger partial charge in [-0.3, -0.25) is 0 Å². The SMILES string of the molecule is O=c1oc(=O)c2c1c1c(Cl)c(Cl)c(Cl)c(Cl)c1c1c(=O)oc(=O)c12. The summed E-state index contributed by atoms with van der Waals surface area (Å²) in [4.78, 5) is 48.1. The number of halogens is 4. The molecule has 0 amide bonds. The van der Waals surface area contributed by atoms with Crippen molar-refractivity contribution >= 4 is 78.7 Å². The van der Waals surface area contributed by atoms with Crippen molar-refractivity contribution in [2.75, 3.05) is 0 Å². The Bertz CT molecular complexity index is 1310. The Morgan fingerprint density at radius 2 is 0.667 bits per heavy atom. The van der Waals surface area contributed by atoms with Crippen molar-refractivity contribution in [1.82, 2.24) is 0 Å². The Kier molecular flexibility index (Phi) is 3.15. The molecule has 2 aromatic carbocycles. The highest BCUT2D eigenvalue weighted by Gasteiger charge is 2.29. The second-order valence-electron chi connectivity index (χ2n) is 4.86. The van der Waals surface area contributed by atoms with Crippen molar-refractivity contribution in [1.29, 1.82) is 0 Å². The molecule has 0 fully saturated rings. The number of benzene rings is 2. The summed E-state index contributed by atoms with van der Waals surface area (Å²) >= 11 is 24.3. The molecule has 0 radical (unpaired) electrons. The molecule has 0 saturated carbocycles. The molecule has 0 unspecified atom stereocenters. The molecule has 0 aliphatic carbocycles. The molecule has 4 aromatic rings. The highest BCUT2D eigenvalue weighted by Crippen LogP contribution is 2.46. The molecule has 120 valence electrons. The molecule has 0 bridgehead atoms. The van der Waals surface area contributed by atoms with Crippen LogP contribution in [0.15, 0.2) is 28.0 Å². The van der Waals surface area contributed by atoms with Gasteiger partial charge < -0.3 is 8.83 Å². The quantitative estimate of drug-likeness (QED) is 0.329. The number of fused-ring (bicyclic) bond motifs is 6. The summed E-state index contributed by atoms with van der Waals surface area (Å²) in [6, 6.07) is 0. The zero-order valence-electron chi connectivity index (χ0n) is 11.0. The molecule has 0 aliphatic rings. The first kappa shape index (κ1) is 15.7. The van der Waals surface area contributed by atoms with Crippen LogP contribution in [0.4, 0.5) is 0 Å². The van der Waals surface area contributed by atoms with Gasteiger partial charge in [0.05, 0.1) is 41.6 Å². The van der Waals surface area contributed by atoms with Crippen LogP contribution in [0.2, 0.25) is 20.1 Å². The van der Waals surface area contributed by atoms with Crippen molar-refractivity contribution in [2.24, 2.45) is 0 Å². The van der Waals surface area contributed by atoms with Gasteiger partial charge in [-0.05, 0) is 0 Å². The van der Waals surface area contributed by atoms with E-state index in [4.69, 9.17) is 46.4 Å². The normalized spacial score (nSPS) is 12.0. The van der Waals surface area contributed by atoms with Crippen molar-refractivity contribution in [3.05, 3.63) is 61.8 Å². The summed E-state index contributed by atoms with van der Waals surface area (Å²) in [6.45, 7) is 0. The Morgan fingerprint density at radius 3 is 0.958 bits per heavy atom. The standard InChI is InChI=1S/C14Cl4O6/c15-7-1-2(8(16)10(18)9(7)17)4-6(14(22)24-12(4)20)5-3(1)11(19)23-13(5)21. The molecule has 0 saturated heterocycles. The van der Waals surface area contributed by atoms with Gasteiger partial charge in [0, 0.05) is 10.8 Å². The lowest BCUT2D eigenvalue weighted by atomic mass is 9.99. The van der Waals surface area contributed by atoms with Gasteiger partial charge in [0.15, 0.2) is 0 Å². The fourth-order valence-corrected chi connectivity index (χ4v) is 3.83. The number of furan rings is 2. The number of rotatable bonds is 0. The Hall–Kier alpha value is -1.86. The van der Waals surface area contributed by atoms with E-state index >= 15 is 0 Å². The van der Waals surface area contributed by atoms with Gasteiger partial charge >= 0.3 is 22.5 Å². The molecule has 0 aliphatic heterocycles. The molecule has 0 atom stereocenters. The van der Waals surface area contributed by atoms with Gasteiger partial charge in [-0.25, -0.2) is 19.2 Å². The fourth-order valence-electron chi connectivity index (χ4n) is 2.79. The monoisotopic (exact) mass is 404 g/mol. The van der Waals surface area contributed by atoms with Gasteiger partial charge in [-0.2, -0.15) is 0 Å². The molecule has 2 aromatic heterocycles. The summed E-state index contributed by atoms with van der Waals surface area (Å²) < 4.78 is 9.08. The van der Waals surface area contributed by atoms with E-state index in [1.54, 1.807) is 0 Å². The first-order chi connectivity index (χ1) is 11.3. The predicted octanol–water partition coefficient (Wildman–Crippen LogP) is 3.26. The maximum absolute atomic E-state index is 12.1. The predicted molar refractivity (Wildman–Crippen MR) is 91.0 cm³/mol. The maximum atomic E-state index is 12.1. The Labute approximate surface area is 149 Å². The smallest absolute Gasteiger partial charge is 0.347 e. The molecule has 0 N–H and O–H groups in total. The van der Waals surface area contributed by atoms with E-state index in [1.165, 1.54) is 0 Å². The second kappa shape index (κ2) is 4.83. The summed E-state index contributed by atoms with van der Waals surface area (Å²) in [5, 5.41) is -2.43. The third-order valence-electron chi connectivity index (χ3n) is 3.70. The van der Waals surface area contributed by atoms with Crippen LogP contribution in [0.25, 0.3) is 32.3 Å². The van der Waals surface area contributed by atoms with Gasteiger partial charge in [0.1, 0.15) is 0 Å². The van der Waals surface area contributed by atoms with Crippen LogP contribution in [0.1, 0.15) is 0 Å². The second-order valence-corrected chi connectivity index (χ2v) is 6.37. The van der Waals surface area contributed by atoms with E-state index < -0.39 is 33.3 Å². The maximum Gasteiger partial charge on any atom is 0.347 e. The van der Waals surface area contributed by atoms with Crippen molar-refractivity contribution in [3.63, 3.8) is 0 Å². The van der Waals surface area contributed by atoms with E-state index in [2.05, 4.69) is 8.83 Å². The summed E-state index contributed by atoms with van der Waals surface area (Å²) in [6.07, 6.45) is 0. The Balaban J connectivity index is 2.69. The van der Waals surface area contributed by atoms with Gasteiger partial charge in [-0.15, -0.1) is 0 Å². The lowest BCUT2D eigenvalue weighted by molar-refractivity contribution is 0.497. The van der Waals surface area contributed by atoms with E-state index in [0.29, 0.717) is 0 Å². The minimum atomic E-state index is -1.10. The third-order valence-corrected chi connectivity index (χ3v) is 5.51. The van der Waals surface area contributed by atoms with Crippen LogP contribution in [-0.2, 0) is 0 Å². The van der Waals surface area contributed by atoms with Crippen LogP contribution in [0.5, 0.6) is 0 Å². The average molecular weight is 406 g/mol. The van der Waals surface area contributed by atoms with Crippen LogP contribution in [-0.4, -0.2) is 0 Å². The van der Waals surface area contributed by atoms with Gasteiger partial charge in [-0.1, -0.05) is 46.4 Å². The van der Waals surface area contributed by atoms with Gasteiger partial charge in [0.25, 0.3) is 0 Å². The fraction of sp³-hybridized carbons (Fsp3) is 0. The molecule has 4 rings (SSSR count). The molecule has 24 heavy (non-hydrogen) atoms. The molecular formula is C14Cl4O6. The average Bonchev–Trinajstić information content (AvgIpc) is 2.98. The largest absolute Gasteiger partial charge is 0.386 e. The minimum absolute atomic E-state index is 0.104. The minimum Gasteiger partial charge on any atom is -0.386 e. The van der Waals surface area contributed by atoms with E-state index in [9.17, 15) is 19.2 Å². The molecule has 10 heteroatoms. The number of hydrogen-bond acceptors (Lipinski definition) is 6. The lowest BCUT2D eigenvalue weighted by Crippen LogP contribution is -2.00. The molecular weight excluding hydrogens is 406 g/mol. The van der Waals surface area contributed by atoms with Crippen LogP contribution < -0.4 is 22.5 Å². The highest BCUT2D eigenvalue weighted by atomic mass is 35.5. The summed E-state index contributed by atoms with van der Waals surface area (Å²) in [7, 11) is 0. The summed E-state index contributed by atoms with van der Waals surface area (Å²) in [5.74, 6) is 0.